The molecule has 0 aromatic carbocycles. The molecule has 0 N–H and O–H groups in total. The Balaban J connectivity index is 2.47. The van der Waals surface area contributed by atoms with Crippen molar-refractivity contribution < 1.29 is 4.79 Å². The molecule has 8 heteroatoms. The van der Waals surface area contributed by atoms with Crippen molar-refractivity contribution in [1.82, 2.24) is 29.5 Å². The van der Waals surface area contributed by atoms with Crippen LogP contribution in [0.25, 0.3) is 0 Å². The van der Waals surface area contributed by atoms with Gasteiger partial charge >= 0.3 is 6.03 Å². The maximum Gasteiger partial charge on any atom is 0.373 e. The van der Waals surface area contributed by atoms with E-state index in [-0.39, 0.29) is 5.82 Å². The number of hydrogen-bond donors (Lipinski definition) is 0. The molecule has 74 valence electrons. The van der Waals surface area contributed by atoms with Crippen molar-refractivity contribution in [2.45, 2.75) is 6.92 Å². The van der Waals surface area contributed by atoms with Gasteiger partial charge in [-0.15, -0.1) is 9.78 Å². The Labute approximate surface area is 83.8 Å². The fourth-order valence-electron chi connectivity index (χ4n) is 1.02. The van der Waals surface area contributed by atoms with Crippen molar-refractivity contribution in [2.75, 3.05) is 0 Å². The van der Waals surface area contributed by atoms with E-state index in [2.05, 4.69) is 20.2 Å². The predicted molar refractivity (Wildman–Crippen MR) is 45.7 cm³/mol. The lowest BCUT2D eigenvalue weighted by Crippen LogP contribution is -2.22. The van der Waals surface area contributed by atoms with Gasteiger partial charge in [0.1, 0.15) is 24.5 Å². The van der Waals surface area contributed by atoms with Gasteiger partial charge in [0.05, 0.1) is 0 Å². The molecule has 2 rings (SSSR count). The number of aryl methyl sites for hydroxylation is 1. The Hall–Kier alpha value is -2.56. The summed E-state index contributed by atoms with van der Waals surface area (Å²) in [4.78, 5) is 19.1. The van der Waals surface area contributed by atoms with E-state index >= 15 is 0 Å². The summed E-state index contributed by atoms with van der Waals surface area (Å²) in [7, 11) is 0. The number of nitrogens with zero attached hydrogens (tertiary/aromatic N) is 7. The average molecular weight is 203 g/mol. The second-order valence-corrected chi connectivity index (χ2v) is 2.63. The number of nitriles is 1. The van der Waals surface area contributed by atoms with Crippen LogP contribution in [0.2, 0.25) is 0 Å². The molecule has 2 aromatic rings. The first kappa shape index (κ1) is 9.01. The molecule has 0 saturated carbocycles. The molecule has 2 heterocycles. The number of hydrogen-bond acceptors (Lipinski definition) is 6. The molecular formula is C7H5N7O. The first-order chi connectivity index (χ1) is 7.22. The maximum atomic E-state index is 11.7. The van der Waals surface area contributed by atoms with Crippen LogP contribution in [-0.2, 0) is 0 Å². The minimum atomic E-state index is -0.593. The molecule has 0 unspecified atom stereocenters. The Kier molecular flexibility index (Phi) is 1.98. The monoisotopic (exact) mass is 203 g/mol. The van der Waals surface area contributed by atoms with Crippen molar-refractivity contribution >= 4 is 6.03 Å². The molecule has 0 aliphatic carbocycles. The fourth-order valence-corrected chi connectivity index (χ4v) is 1.02. The Morgan fingerprint density at radius 2 is 2.40 bits per heavy atom. The standard InChI is InChI=1S/C7H5N7O/c1-5-11-6(2-8)14(12-5)7(15)13-4-9-3-10-13/h3-4H,1H3. The van der Waals surface area contributed by atoms with Crippen LogP contribution in [0.15, 0.2) is 12.7 Å². The smallest absolute Gasteiger partial charge is 0.243 e. The molecule has 0 aliphatic rings. The quantitative estimate of drug-likeness (QED) is 0.575. The normalized spacial score (nSPS) is 9.87. The van der Waals surface area contributed by atoms with Gasteiger partial charge in [0.15, 0.2) is 0 Å². The number of aromatic nitrogens is 6. The zero-order chi connectivity index (χ0) is 10.8. The molecule has 0 fully saturated rings. The van der Waals surface area contributed by atoms with Crippen LogP contribution >= 0.6 is 0 Å². The van der Waals surface area contributed by atoms with E-state index in [1.165, 1.54) is 12.7 Å². The predicted octanol–water partition coefficient (Wildman–Crippen LogP) is -0.434. The van der Waals surface area contributed by atoms with Crippen molar-refractivity contribution in [3.05, 3.63) is 24.3 Å². The highest BCUT2D eigenvalue weighted by atomic mass is 16.2. The second-order valence-electron chi connectivity index (χ2n) is 2.63. The van der Waals surface area contributed by atoms with Crippen LogP contribution in [0.1, 0.15) is 11.6 Å². The summed E-state index contributed by atoms with van der Waals surface area (Å²) < 4.78 is 1.85. The SMILES string of the molecule is Cc1nc(C#N)n(C(=O)n2cncn2)n1. The van der Waals surface area contributed by atoms with Gasteiger partial charge in [-0.2, -0.15) is 15.0 Å². The van der Waals surface area contributed by atoms with E-state index in [1.54, 1.807) is 13.0 Å². The first-order valence-electron chi connectivity index (χ1n) is 3.95. The second kappa shape index (κ2) is 3.30. The molecule has 0 aliphatic heterocycles. The highest BCUT2D eigenvalue weighted by Gasteiger charge is 2.16. The van der Waals surface area contributed by atoms with Crippen LogP contribution < -0.4 is 0 Å². The van der Waals surface area contributed by atoms with Gasteiger partial charge in [-0.05, 0) is 6.92 Å². The Morgan fingerprint density at radius 1 is 1.60 bits per heavy atom. The van der Waals surface area contributed by atoms with E-state index in [0.29, 0.717) is 5.82 Å². The topological polar surface area (TPSA) is 102 Å². The third kappa shape index (κ3) is 1.46. The Morgan fingerprint density at radius 3 is 3.00 bits per heavy atom. The molecular weight excluding hydrogens is 198 g/mol. The van der Waals surface area contributed by atoms with Gasteiger partial charge in [0.2, 0.25) is 5.82 Å². The largest absolute Gasteiger partial charge is 0.373 e. The molecule has 0 radical (unpaired) electrons. The summed E-state index contributed by atoms with van der Waals surface area (Å²) in [6.07, 6.45) is 2.44. The molecule has 0 spiro atoms. The van der Waals surface area contributed by atoms with E-state index in [1.807, 2.05) is 0 Å². The van der Waals surface area contributed by atoms with Crippen LogP contribution in [0, 0.1) is 18.3 Å². The minimum absolute atomic E-state index is 0.0759. The van der Waals surface area contributed by atoms with Gasteiger partial charge < -0.3 is 0 Å². The summed E-state index contributed by atoms with van der Waals surface area (Å²) in [6, 6.07) is 1.17. The summed E-state index contributed by atoms with van der Waals surface area (Å²) in [5.41, 5.74) is 0. The highest BCUT2D eigenvalue weighted by Crippen LogP contribution is 1.97. The number of rotatable bonds is 0. The zero-order valence-corrected chi connectivity index (χ0v) is 7.69. The minimum Gasteiger partial charge on any atom is -0.243 e. The van der Waals surface area contributed by atoms with Gasteiger partial charge in [0, 0.05) is 0 Å². The van der Waals surface area contributed by atoms with Gasteiger partial charge in [-0.1, -0.05) is 0 Å². The number of carbonyl (C=O) groups is 1. The van der Waals surface area contributed by atoms with Gasteiger partial charge in [-0.25, -0.2) is 14.8 Å². The Bertz CT molecular complexity index is 532. The lowest BCUT2D eigenvalue weighted by atomic mass is 10.6. The molecule has 0 bridgehead atoms. The van der Waals surface area contributed by atoms with Crippen LogP contribution in [0.4, 0.5) is 4.79 Å². The van der Waals surface area contributed by atoms with E-state index in [9.17, 15) is 4.79 Å². The summed E-state index contributed by atoms with van der Waals surface area (Å²) in [6.45, 7) is 1.59. The van der Waals surface area contributed by atoms with Gasteiger partial charge in [0.25, 0.3) is 0 Å². The van der Waals surface area contributed by atoms with Crippen molar-refractivity contribution in [3.8, 4) is 6.07 Å². The van der Waals surface area contributed by atoms with Crippen LogP contribution in [0.5, 0.6) is 0 Å². The molecule has 0 atom stereocenters. The van der Waals surface area contributed by atoms with Crippen molar-refractivity contribution in [3.63, 3.8) is 0 Å². The van der Waals surface area contributed by atoms with Gasteiger partial charge in [-0.3, -0.25) is 0 Å². The average Bonchev–Trinajstić information content (AvgIpc) is 2.84. The highest BCUT2D eigenvalue weighted by molar-refractivity contribution is 5.78. The molecule has 0 amide bonds. The lowest BCUT2D eigenvalue weighted by molar-refractivity contribution is 0.237. The first-order valence-corrected chi connectivity index (χ1v) is 3.95. The van der Waals surface area contributed by atoms with E-state index < -0.39 is 6.03 Å². The van der Waals surface area contributed by atoms with Crippen molar-refractivity contribution in [2.24, 2.45) is 0 Å². The fraction of sp³-hybridized carbons (Fsp3) is 0.143. The molecule has 8 nitrogen and oxygen atoms in total. The van der Waals surface area contributed by atoms with Crippen LogP contribution in [-0.4, -0.2) is 35.6 Å². The molecule has 0 saturated heterocycles. The lowest BCUT2D eigenvalue weighted by Gasteiger charge is -1.97. The van der Waals surface area contributed by atoms with E-state index in [4.69, 9.17) is 5.26 Å². The number of carbonyl (C=O) groups excluding carboxylic acids is 1. The molecule has 2 aromatic heterocycles. The maximum absolute atomic E-state index is 11.7. The van der Waals surface area contributed by atoms with Crippen molar-refractivity contribution in [1.29, 1.82) is 5.26 Å². The third-order valence-corrected chi connectivity index (χ3v) is 1.61. The molecule has 15 heavy (non-hydrogen) atoms. The third-order valence-electron chi connectivity index (χ3n) is 1.61. The summed E-state index contributed by atoms with van der Waals surface area (Å²) >= 11 is 0. The zero-order valence-electron chi connectivity index (χ0n) is 7.69. The van der Waals surface area contributed by atoms with E-state index in [0.717, 1.165) is 9.36 Å². The summed E-state index contributed by atoms with van der Waals surface area (Å²) in [5.74, 6) is 0.271. The van der Waals surface area contributed by atoms with Crippen LogP contribution in [0.3, 0.4) is 0 Å². The summed E-state index contributed by atoms with van der Waals surface area (Å²) in [5, 5.41) is 16.1.